The van der Waals surface area contributed by atoms with Gasteiger partial charge in [-0.05, 0) is 19.8 Å². The van der Waals surface area contributed by atoms with Crippen molar-refractivity contribution in [3.05, 3.63) is 11.8 Å². The maximum Gasteiger partial charge on any atom is 0.332 e. The minimum absolute atomic E-state index is 0.0306. The standard InChI is InChI=1S/C10H15NO3/c1-8(10(13)14)7-11-6-4-2-3-5-9(11)12/h7H,2-6H2,1H3,(H,13,14)/b8-7+. The molecule has 0 unspecified atom stereocenters. The van der Waals surface area contributed by atoms with Crippen LogP contribution in [0, 0.1) is 0 Å². The molecular weight excluding hydrogens is 182 g/mol. The summed E-state index contributed by atoms with van der Waals surface area (Å²) in [6.45, 7) is 2.14. The van der Waals surface area contributed by atoms with Crippen molar-refractivity contribution in [2.24, 2.45) is 0 Å². The molecule has 14 heavy (non-hydrogen) atoms. The average molecular weight is 197 g/mol. The molecule has 0 saturated carbocycles. The highest BCUT2D eigenvalue weighted by Gasteiger charge is 2.15. The Morgan fingerprint density at radius 1 is 1.43 bits per heavy atom. The smallest absolute Gasteiger partial charge is 0.332 e. The number of carboxylic acids is 1. The SMILES string of the molecule is C/C(=C\N1CCCCCC1=O)C(=O)O. The van der Waals surface area contributed by atoms with E-state index in [4.69, 9.17) is 5.11 Å². The first-order valence-corrected chi connectivity index (χ1v) is 4.82. The van der Waals surface area contributed by atoms with Crippen LogP contribution < -0.4 is 0 Å². The van der Waals surface area contributed by atoms with Crippen LogP contribution in [0.5, 0.6) is 0 Å². The molecule has 0 aromatic carbocycles. The van der Waals surface area contributed by atoms with E-state index in [1.165, 1.54) is 18.0 Å². The predicted molar refractivity (Wildman–Crippen MR) is 51.6 cm³/mol. The summed E-state index contributed by atoms with van der Waals surface area (Å²) >= 11 is 0. The highest BCUT2D eigenvalue weighted by atomic mass is 16.4. The Morgan fingerprint density at radius 2 is 2.14 bits per heavy atom. The lowest BCUT2D eigenvalue weighted by molar-refractivity contribution is -0.132. The third-order valence-corrected chi connectivity index (χ3v) is 2.30. The maximum absolute atomic E-state index is 11.5. The molecule has 1 fully saturated rings. The zero-order chi connectivity index (χ0) is 10.6. The largest absolute Gasteiger partial charge is 0.478 e. The van der Waals surface area contributed by atoms with Crippen LogP contribution in [-0.4, -0.2) is 28.4 Å². The van der Waals surface area contributed by atoms with Crippen LogP contribution in [0.4, 0.5) is 0 Å². The normalized spacial score (nSPS) is 19.4. The van der Waals surface area contributed by atoms with Crippen molar-refractivity contribution in [1.82, 2.24) is 4.90 Å². The molecule has 78 valence electrons. The van der Waals surface area contributed by atoms with Gasteiger partial charge in [-0.2, -0.15) is 0 Å². The van der Waals surface area contributed by atoms with Crippen LogP contribution in [-0.2, 0) is 9.59 Å². The molecule has 1 saturated heterocycles. The number of likely N-dealkylation sites (tertiary alicyclic amines) is 1. The van der Waals surface area contributed by atoms with E-state index in [-0.39, 0.29) is 11.5 Å². The first-order valence-electron chi connectivity index (χ1n) is 4.82. The molecule has 1 rings (SSSR count). The fourth-order valence-electron chi connectivity index (χ4n) is 1.43. The Kier molecular flexibility index (Phi) is 3.68. The van der Waals surface area contributed by atoms with Crippen LogP contribution in [0.15, 0.2) is 11.8 Å². The number of carbonyl (C=O) groups is 2. The molecule has 0 atom stereocenters. The van der Waals surface area contributed by atoms with Gasteiger partial charge in [0.05, 0.1) is 5.57 Å². The number of rotatable bonds is 2. The molecule has 1 N–H and O–H groups in total. The van der Waals surface area contributed by atoms with Crippen molar-refractivity contribution in [3.8, 4) is 0 Å². The summed E-state index contributed by atoms with van der Waals surface area (Å²) in [5.74, 6) is -0.940. The van der Waals surface area contributed by atoms with Gasteiger partial charge in [-0.25, -0.2) is 4.79 Å². The third kappa shape index (κ3) is 2.87. The Labute approximate surface area is 83.2 Å². The summed E-state index contributed by atoms with van der Waals surface area (Å²) in [5, 5.41) is 8.66. The lowest BCUT2D eigenvalue weighted by Gasteiger charge is -2.15. The van der Waals surface area contributed by atoms with Crippen LogP contribution >= 0.6 is 0 Å². The number of amides is 1. The Balaban J connectivity index is 2.69. The molecule has 0 bridgehead atoms. The van der Waals surface area contributed by atoms with E-state index in [1.807, 2.05) is 0 Å². The van der Waals surface area contributed by atoms with Crippen LogP contribution in [0.1, 0.15) is 32.6 Å². The first kappa shape index (κ1) is 10.8. The number of hydrogen-bond donors (Lipinski definition) is 1. The Hall–Kier alpha value is -1.32. The summed E-state index contributed by atoms with van der Waals surface area (Å²) in [6.07, 6.45) is 4.88. The second-order valence-electron chi connectivity index (χ2n) is 3.52. The van der Waals surface area contributed by atoms with Crippen molar-refractivity contribution in [3.63, 3.8) is 0 Å². The monoisotopic (exact) mass is 197 g/mol. The molecule has 0 aliphatic carbocycles. The number of carboxylic acid groups (broad SMARTS) is 1. The first-order chi connectivity index (χ1) is 6.61. The van der Waals surface area contributed by atoms with Crippen molar-refractivity contribution in [2.75, 3.05) is 6.54 Å². The zero-order valence-corrected chi connectivity index (χ0v) is 8.32. The predicted octanol–water partition coefficient (Wildman–Crippen LogP) is 1.38. The lowest BCUT2D eigenvalue weighted by Crippen LogP contribution is -2.25. The summed E-state index contributed by atoms with van der Waals surface area (Å²) in [6, 6.07) is 0. The van der Waals surface area contributed by atoms with Gasteiger partial charge in [0, 0.05) is 19.2 Å². The molecule has 1 amide bonds. The summed E-state index contributed by atoms with van der Waals surface area (Å²) < 4.78 is 0. The van der Waals surface area contributed by atoms with Gasteiger partial charge in [0.2, 0.25) is 5.91 Å². The maximum atomic E-state index is 11.5. The summed E-state index contributed by atoms with van der Waals surface area (Å²) in [7, 11) is 0. The average Bonchev–Trinajstić information content (AvgIpc) is 2.32. The van der Waals surface area contributed by atoms with E-state index >= 15 is 0 Å². The van der Waals surface area contributed by atoms with Gasteiger partial charge in [-0.3, -0.25) is 4.79 Å². The highest BCUT2D eigenvalue weighted by Crippen LogP contribution is 2.12. The van der Waals surface area contributed by atoms with Gasteiger partial charge >= 0.3 is 5.97 Å². The van der Waals surface area contributed by atoms with Crippen molar-refractivity contribution < 1.29 is 14.7 Å². The number of aliphatic carboxylic acids is 1. The second-order valence-corrected chi connectivity index (χ2v) is 3.52. The summed E-state index contributed by atoms with van der Waals surface area (Å²) in [4.78, 5) is 23.5. The fourth-order valence-corrected chi connectivity index (χ4v) is 1.43. The zero-order valence-electron chi connectivity index (χ0n) is 8.32. The van der Waals surface area contributed by atoms with Crippen molar-refractivity contribution in [1.29, 1.82) is 0 Å². The van der Waals surface area contributed by atoms with Crippen LogP contribution in [0.2, 0.25) is 0 Å². The third-order valence-electron chi connectivity index (χ3n) is 2.30. The van der Waals surface area contributed by atoms with E-state index in [2.05, 4.69) is 0 Å². The molecule has 4 heteroatoms. The van der Waals surface area contributed by atoms with Gasteiger partial charge in [-0.1, -0.05) is 6.42 Å². The van der Waals surface area contributed by atoms with Crippen molar-refractivity contribution in [2.45, 2.75) is 32.6 Å². The van der Waals surface area contributed by atoms with Gasteiger partial charge in [-0.15, -0.1) is 0 Å². The fraction of sp³-hybridized carbons (Fsp3) is 0.600. The van der Waals surface area contributed by atoms with E-state index in [0.29, 0.717) is 13.0 Å². The minimum Gasteiger partial charge on any atom is -0.478 e. The van der Waals surface area contributed by atoms with E-state index < -0.39 is 5.97 Å². The highest BCUT2D eigenvalue weighted by molar-refractivity contribution is 5.87. The van der Waals surface area contributed by atoms with E-state index in [1.54, 1.807) is 0 Å². The van der Waals surface area contributed by atoms with E-state index in [0.717, 1.165) is 19.3 Å². The molecule has 4 nitrogen and oxygen atoms in total. The lowest BCUT2D eigenvalue weighted by atomic mass is 10.2. The Morgan fingerprint density at radius 3 is 2.79 bits per heavy atom. The summed E-state index contributed by atoms with van der Waals surface area (Å²) in [5.41, 5.74) is 0.209. The minimum atomic E-state index is -0.970. The van der Waals surface area contributed by atoms with Gasteiger partial charge < -0.3 is 10.0 Å². The van der Waals surface area contributed by atoms with Crippen molar-refractivity contribution >= 4 is 11.9 Å². The topological polar surface area (TPSA) is 57.6 Å². The molecule has 1 aliphatic rings. The number of hydrogen-bond acceptors (Lipinski definition) is 2. The quantitative estimate of drug-likeness (QED) is 0.680. The van der Waals surface area contributed by atoms with Crippen LogP contribution in [0.25, 0.3) is 0 Å². The molecule has 0 spiro atoms. The molecule has 0 radical (unpaired) electrons. The van der Waals surface area contributed by atoms with Gasteiger partial charge in [0.15, 0.2) is 0 Å². The number of carbonyl (C=O) groups excluding carboxylic acids is 1. The molecule has 1 aliphatic heterocycles. The van der Waals surface area contributed by atoms with E-state index in [9.17, 15) is 9.59 Å². The van der Waals surface area contributed by atoms with Crippen LogP contribution in [0.3, 0.4) is 0 Å². The second kappa shape index (κ2) is 4.79. The van der Waals surface area contributed by atoms with Gasteiger partial charge in [0.25, 0.3) is 0 Å². The number of nitrogens with zero attached hydrogens (tertiary/aromatic N) is 1. The molecular formula is C10H15NO3. The molecule has 0 aromatic rings. The van der Waals surface area contributed by atoms with Gasteiger partial charge in [0.1, 0.15) is 0 Å². The Bertz CT molecular complexity index is 271. The molecule has 1 heterocycles. The molecule has 0 aromatic heterocycles.